The number of pyridine rings is 1. The summed E-state index contributed by atoms with van der Waals surface area (Å²) in [6.45, 7) is 3.31. The van der Waals surface area contributed by atoms with E-state index in [1.54, 1.807) is 0 Å². The molecule has 0 aromatic carbocycles. The van der Waals surface area contributed by atoms with Crippen LogP contribution in [0.15, 0.2) is 12.3 Å². The molecule has 4 rings (SSSR count). The van der Waals surface area contributed by atoms with Crippen LogP contribution in [0.5, 0.6) is 0 Å². The van der Waals surface area contributed by atoms with Crippen molar-refractivity contribution < 1.29 is 4.90 Å². The van der Waals surface area contributed by atoms with Gasteiger partial charge in [0.05, 0.1) is 18.8 Å². The molecule has 3 heteroatoms. The summed E-state index contributed by atoms with van der Waals surface area (Å²) < 4.78 is 0. The highest BCUT2D eigenvalue weighted by Gasteiger charge is 2.39. The summed E-state index contributed by atoms with van der Waals surface area (Å²) in [4.78, 5) is 8.81. The SMILES string of the molecule is [CH2-][NH+]1CCc2c(ccnc2CN2C3CCC2CC3)C1. The largest absolute Gasteiger partial charge is 0.464 e. The zero-order valence-corrected chi connectivity index (χ0v) is 11.6. The topological polar surface area (TPSA) is 20.6 Å². The van der Waals surface area contributed by atoms with Crippen LogP contribution in [0.4, 0.5) is 0 Å². The molecule has 3 aliphatic rings. The number of nitrogens with one attached hydrogen (secondary N) is 1. The summed E-state index contributed by atoms with van der Waals surface area (Å²) in [5.74, 6) is 0. The van der Waals surface area contributed by atoms with Gasteiger partial charge in [0.2, 0.25) is 0 Å². The number of nitrogens with zero attached hydrogens (tertiary/aromatic N) is 2. The maximum absolute atomic E-state index is 4.71. The molecule has 1 unspecified atom stereocenters. The first kappa shape index (κ1) is 11.9. The second kappa shape index (κ2) is 4.57. The standard InChI is InChI=1S/C16H23N3/c1-18-9-7-15-12(10-18)6-8-17-16(15)11-19-13-2-3-14(19)5-4-13/h6,8,13-14,18H,1-5,7,9-11H2. The molecule has 19 heavy (non-hydrogen) atoms. The molecule has 4 heterocycles. The first-order valence-corrected chi connectivity index (χ1v) is 7.69. The van der Waals surface area contributed by atoms with Crippen molar-refractivity contribution in [2.75, 3.05) is 6.54 Å². The third-order valence-corrected chi connectivity index (χ3v) is 5.35. The van der Waals surface area contributed by atoms with E-state index in [2.05, 4.69) is 18.0 Å². The van der Waals surface area contributed by atoms with Crippen LogP contribution in [0.1, 0.15) is 42.5 Å². The summed E-state index contributed by atoms with van der Waals surface area (Å²) in [7, 11) is 4.15. The Morgan fingerprint density at radius 1 is 1.26 bits per heavy atom. The molecule has 1 N–H and O–H groups in total. The van der Waals surface area contributed by atoms with E-state index in [0.717, 1.165) is 38.1 Å². The van der Waals surface area contributed by atoms with Crippen molar-refractivity contribution in [3.8, 4) is 0 Å². The lowest BCUT2D eigenvalue weighted by atomic mass is 9.98. The molecule has 0 spiro atoms. The molecule has 1 aromatic rings. The molecule has 0 aliphatic carbocycles. The van der Waals surface area contributed by atoms with E-state index in [1.165, 1.54) is 47.4 Å². The van der Waals surface area contributed by atoms with Crippen LogP contribution in [0, 0.1) is 7.05 Å². The number of hydrogen-bond acceptors (Lipinski definition) is 2. The first-order chi connectivity index (χ1) is 9.31. The van der Waals surface area contributed by atoms with E-state index < -0.39 is 0 Å². The van der Waals surface area contributed by atoms with E-state index in [9.17, 15) is 0 Å². The molecule has 0 radical (unpaired) electrons. The van der Waals surface area contributed by atoms with Crippen molar-refractivity contribution in [3.05, 3.63) is 36.1 Å². The van der Waals surface area contributed by atoms with Crippen molar-refractivity contribution in [1.82, 2.24) is 9.88 Å². The summed E-state index contributed by atoms with van der Waals surface area (Å²) in [5, 5.41) is 0. The van der Waals surface area contributed by atoms with E-state index >= 15 is 0 Å². The number of hydrogen-bond donors (Lipinski definition) is 1. The van der Waals surface area contributed by atoms with Gasteiger partial charge in [-0.1, -0.05) is 0 Å². The van der Waals surface area contributed by atoms with Gasteiger partial charge in [-0.25, -0.2) is 0 Å². The normalized spacial score (nSPS) is 33.6. The second-order valence-electron chi connectivity index (χ2n) is 6.46. The molecule has 0 amide bonds. The fraction of sp³-hybridized carbons (Fsp3) is 0.625. The fourth-order valence-electron chi connectivity index (χ4n) is 4.30. The van der Waals surface area contributed by atoms with Gasteiger partial charge in [0.1, 0.15) is 0 Å². The van der Waals surface area contributed by atoms with Gasteiger partial charge >= 0.3 is 0 Å². The lowest BCUT2D eigenvalue weighted by Crippen LogP contribution is -3.06. The van der Waals surface area contributed by atoms with Crippen LogP contribution in [-0.4, -0.2) is 28.5 Å². The van der Waals surface area contributed by atoms with Crippen LogP contribution in [-0.2, 0) is 19.5 Å². The number of aromatic nitrogens is 1. The minimum atomic E-state index is 0.848. The Kier molecular flexibility index (Phi) is 2.85. The van der Waals surface area contributed by atoms with Gasteiger partial charge in [0.15, 0.2) is 0 Å². The van der Waals surface area contributed by atoms with Crippen molar-refractivity contribution in [2.45, 2.75) is 57.3 Å². The van der Waals surface area contributed by atoms with Crippen molar-refractivity contribution >= 4 is 0 Å². The molecule has 3 nitrogen and oxygen atoms in total. The van der Waals surface area contributed by atoms with Gasteiger partial charge in [0, 0.05) is 36.8 Å². The minimum Gasteiger partial charge on any atom is -0.464 e. The average Bonchev–Trinajstić information content (AvgIpc) is 2.98. The third-order valence-electron chi connectivity index (χ3n) is 5.35. The Hall–Kier alpha value is -0.930. The maximum atomic E-state index is 4.71. The Bertz CT molecular complexity index is 465. The van der Waals surface area contributed by atoms with Gasteiger partial charge in [-0.15, -0.1) is 0 Å². The van der Waals surface area contributed by atoms with Crippen molar-refractivity contribution in [1.29, 1.82) is 0 Å². The Balaban J connectivity index is 1.60. The molecular formula is C16H23N3. The Morgan fingerprint density at radius 3 is 2.74 bits per heavy atom. The highest BCUT2D eigenvalue weighted by molar-refractivity contribution is 5.31. The lowest BCUT2D eigenvalue weighted by Gasteiger charge is -2.30. The quantitative estimate of drug-likeness (QED) is 0.796. The monoisotopic (exact) mass is 257 g/mol. The molecule has 2 saturated heterocycles. The Morgan fingerprint density at radius 2 is 2.00 bits per heavy atom. The maximum Gasteiger partial charge on any atom is 0.0791 e. The smallest absolute Gasteiger partial charge is 0.0791 e. The van der Waals surface area contributed by atoms with Crippen LogP contribution < -0.4 is 4.90 Å². The molecule has 2 fully saturated rings. The van der Waals surface area contributed by atoms with Crippen LogP contribution in [0.25, 0.3) is 0 Å². The Labute approximate surface area is 115 Å². The van der Waals surface area contributed by atoms with Gasteiger partial charge < -0.3 is 4.90 Å². The molecule has 1 aromatic heterocycles. The van der Waals surface area contributed by atoms with E-state index in [-0.39, 0.29) is 0 Å². The highest BCUT2D eigenvalue weighted by Crippen LogP contribution is 2.38. The zero-order chi connectivity index (χ0) is 12.8. The second-order valence-corrected chi connectivity index (χ2v) is 6.46. The van der Waals surface area contributed by atoms with Gasteiger partial charge in [-0.05, 0) is 37.3 Å². The van der Waals surface area contributed by atoms with Gasteiger partial charge in [0.25, 0.3) is 0 Å². The fourth-order valence-corrected chi connectivity index (χ4v) is 4.30. The van der Waals surface area contributed by atoms with Crippen LogP contribution >= 0.6 is 0 Å². The van der Waals surface area contributed by atoms with E-state index in [1.807, 2.05) is 6.20 Å². The lowest BCUT2D eigenvalue weighted by molar-refractivity contribution is -0.870. The van der Waals surface area contributed by atoms with E-state index in [0.29, 0.717) is 0 Å². The van der Waals surface area contributed by atoms with Gasteiger partial charge in [-0.2, -0.15) is 7.05 Å². The van der Waals surface area contributed by atoms with E-state index in [4.69, 9.17) is 4.98 Å². The number of rotatable bonds is 2. The summed E-state index contributed by atoms with van der Waals surface area (Å²) in [5.41, 5.74) is 4.36. The highest BCUT2D eigenvalue weighted by atomic mass is 15.2. The number of quaternary nitrogens is 1. The first-order valence-electron chi connectivity index (χ1n) is 7.69. The zero-order valence-electron chi connectivity index (χ0n) is 11.6. The van der Waals surface area contributed by atoms with Crippen molar-refractivity contribution in [3.63, 3.8) is 0 Å². The summed E-state index contributed by atoms with van der Waals surface area (Å²) >= 11 is 0. The number of fused-ring (bicyclic) bond motifs is 3. The predicted molar refractivity (Wildman–Crippen MR) is 74.4 cm³/mol. The van der Waals surface area contributed by atoms with Crippen LogP contribution in [0.3, 0.4) is 0 Å². The minimum absolute atomic E-state index is 0.848. The summed E-state index contributed by atoms with van der Waals surface area (Å²) in [6, 6.07) is 3.89. The molecule has 2 bridgehead atoms. The molecule has 1 atom stereocenters. The molecule has 3 aliphatic heterocycles. The summed E-state index contributed by atoms with van der Waals surface area (Å²) in [6.07, 6.45) is 8.81. The third kappa shape index (κ3) is 2.00. The van der Waals surface area contributed by atoms with Crippen molar-refractivity contribution in [2.24, 2.45) is 0 Å². The molecular weight excluding hydrogens is 234 g/mol. The molecule has 0 saturated carbocycles. The predicted octanol–water partition coefficient (Wildman–Crippen LogP) is 0.941. The van der Waals surface area contributed by atoms with Gasteiger partial charge in [-0.3, -0.25) is 9.88 Å². The van der Waals surface area contributed by atoms with Crippen LogP contribution in [0.2, 0.25) is 0 Å². The average molecular weight is 257 g/mol. The molecule has 102 valence electrons.